The van der Waals surface area contributed by atoms with Crippen molar-refractivity contribution in [2.45, 2.75) is 25.2 Å². The van der Waals surface area contributed by atoms with Crippen molar-refractivity contribution in [2.75, 3.05) is 30.4 Å². The zero-order valence-corrected chi connectivity index (χ0v) is 20.1. The number of pyridine rings is 1. The molecule has 0 spiro atoms. The van der Waals surface area contributed by atoms with E-state index in [0.29, 0.717) is 24.8 Å². The molecule has 180 valence electrons. The minimum Gasteiger partial charge on any atom is -0.369 e. The number of nitrogens with zero attached hydrogens (tertiary/aromatic N) is 5. The fourth-order valence-corrected chi connectivity index (χ4v) is 5.10. The van der Waals surface area contributed by atoms with Crippen LogP contribution in [0, 0.1) is 11.3 Å². The number of hydrogen-bond donors (Lipinski definition) is 1. The first-order chi connectivity index (χ1) is 17.0. The van der Waals surface area contributed by atoms with Crippen LogP contribution in [0.15, 0.2) is 60.0 Å². The molecular formula is C27H30N6O2. The summed E-state index contributed by atoms with van der Waals surface area (Å²) >= 11 is 0. The Bertz CT molecular complexity index is 1260. The number of rotatable bonds is 9. The van der Waals surface area contributed by atoms with Crippen LogP contribution < -0.4 is 10.2 Å². The van der Waals surface area contributed by atoms with E-state index in [-0.39, 0.29) is 11.8 Å². The minimum atomic E-state index is -0.465. The van der Waals surface area contributed by atoms with Crippen molar-refractivity contribution in [1.29, 1.82) is 0 Å². The van der Waals surface area contributed by atoms with Crippen molar-refractivity contribution in [3.05, 3.63) is 60.6 Å². The zero-order valence-electron chi connectivity index (χ0n) is 20.1. The third-order valence-electron chi connectivity index (χ3n) is 7.13. The number of carbonyl (C=O) groups excluding carboxylic acids is 2. The number of anilines is 2. The van der Waals surface area contributed by atoms with Crippen molar-refractivity contribution >= 4 is 29.9 Å². The van der Waals surface area contributed by atoms with Gasteiger partial charge in [-0.1, -0.05) is 24.3 Å². The number of amides is 1. The van der Waals surface area contributed by atoms with Gasteiger partial charge in [0.15, 0.2) is 0 Å². The van der Waals surface area contributed by atoms with Gasteiger partial charge < -0.3 is 15.0 Å². The Balaban J connectivity index is 1.29. The molecule has 3 heterocycles. The molecule has 2 aromatic heterocycles. The Labute approximate surface area is 205 Å². The molecule has 1 amide bonds. The molecule has 1 N–H and O–H groups in total. The van der Waals surface area contributed by atoms with Crippen LogP contribution in [-0.4, -0.2) is 53.3 Å². The second kappa shape index (κ2) is 9.44. The monoisotopic (exact) mass is 470 g/mol. The molecule has 35 heavy (non-hydrogen) atoms. The highest BCUT2D eigenvalue weighted by Crippen LogP contribution is 2.51. The van der Waals surface area contributed by atoms with E-state index >= 15 is 0 Å². The van der Waals surface area contributed by atoms with Gasteiger partial charge in [-0.25, -0.2) is 4.98 Å². The topological polar surface area (TPSA) is 92.5 Å². The molecule has 8 nitrogen and oxygen atoms in total. The molecule has 1 saturated carbocycles. The first kappa shape index (κ1) is 23.0. The summed E-state index contributed by atoms with van der Waals surface area (Å²) < 4.78 is 1.76. The Morgan fingerprint density at radius 1 is 1.26 bits per heavy atom. The lowest BCUT2D eigenvalue weighted by molar-refractivity contribution is -0.123. The second-order valence-corrected chi connectivity index (χ2v) is 9.46. The van der Waals surface area contributed by atoms with Crippen molar-refractivity contribution in [3.8, 4) is 11.1 Å². The fraction of sp³-hybridized carbons (Fsp3) is 0.370. The van der Waals surface area contributed by atoms with Gasteiger partial charge in [-0.05, 0) is 42.4 Å². The van der Waals surface area contributed by atoms with Gasteiger partial charge in [-0.3, -0.25) is 14.5 Å². The average molecular weight is 471 g/mol. The van der Waals surface area contributed by atoms with Crippen LogP contribution >= 0.6 is 0 Å². The molecule has 1 aromatic carbocycles. The quantitative estimate of drug-likeness (QED) is 0.380. The van der Waals surface area contributed by atoms with Gasteiger partial charge in [-0.15, -0.1) is 0 Å². The Morgan fingerprint density at radius 3 is 2.83 bits per heavy atom. The highest BCUT2D eigenvalue weighted by molar-refractivity contribution is 6.10. The van der Waals surface area contributed by atoms with Gasteiger partial charge in [-0.2, -0.15) is 5.10 Å². The maximum Gasteiger partial charge on any atom is 0.238 e. The SMILES string of the molecule is C/N=C\[C@@]1(C2CC2)CCN(c2ccnc(NCC(C=O)c3cccc(-c4cnn(C)c4)c3)c2)C1=O. The third-order valence-corrected chi connectivity index (χ3v) is 7.13. The van der Waals surface area contributed by atoms with Crippen LogP contribution in [0.1, 0.15) is 30.7 Å². The third kappa shape index (κ3) is 4.48. The highest BCUT2D eigenvalue weighted by Gasteiger charge is 2.55. The number of aromatic nitrogens is 3. The van der Waals surface area contributed by atoms with E-state index in [1.807, 2.05) is 67.0 Å². The lowest BCUT2D eigenvalue weighted by Crippen LogP contribution is -2.37. The number of aliphatic imine (C=N–C) groups is 1. The molecule has 3 aromatic rings. The normalized spacial score (nSPS) is 21.0. The van der Waals surface area contributed by atoms with Gasteiger partial charge in [0.1, 0.15) is 12.1 Å². The van der Waals surface area contributed by atoms with Crippen LogP contribution in [0.5, 0.6) is 0 Å². The van der Waals surface area contributed by atoms with Crippen LogP contribution in [0.3, 0.4) is 0 Å². The highest BCUT2D eigenvalue weighted by atomic mass is 16.2. The minimum absolute atomic E-state index is 0.126. The molecule has 1 saturated heterocycles. The number of hydrogen-bond acceptors (Lipinski definition) is 6. The van der Waals surface area contributed by atoms with E-state index in [4.69, 9.17) is 0 Å². The van der Waals surface area contributed by atoms with E-state index in [0.717, 1.165) is 47.9 Å². The van der Waals surface area contributed by atoms with E-state index in [2.05, 4.69) is 20.4 Å². The summed E-state index contributed by atoms with van der Waals surface area (Å²) in [5, 5.41) is 7.53. The number of nitrogens with one attached hydrogen (secondary N) is 1. The molecule has 0 bridgehead atoms. The summed E-state index contributed by atoms with van der Waals surface area (Å²) in [7, 11) is 3.62. The molecule has 5 rings (SSSR count). The predicted molar refractivity (Wildman–Crippen MR) is 137 cm³/mol. The molecule has 1 unspecified atom stereocenters. The van der Waals surface area contributed by atoms with E-state index in [1.54, 1.807) is 17.9 Å². The summed E-state index contributed by atoms with van der Waals surface area (Å²) in [6.45, 7) is 1.07. The first-order valence-corrected chi connectivity index (χ1v) is 12.0. The molecular weight excluding hydrogens is 440 g/mol. The van der Waals surface area contributed by atoms with Gasteiger partial charge >= 0.3 is 0 Å². The number of benzene rings is 1. The largest absolute Gasteiger partial charge is 0.369 e. The van der Waals surface area contributed by atoms with Gasteiger partial charge in [0.2, 0.25) is 5.91 Å². The van der Waals surface area contributed by atoms with Crippen molar-refractivity contribution in [1.82, 2.24) is 14.8 Å². The van der Waals surface area contributed by atoms with Crippen LogP contribution in [0.4, 0.5) is 11.5 Å². The van der Waals surface area contributed by atoms with Crippen LogP contribution in [-0.2, 0) is 16.6 Å². The average Bonchev–Trinajstić information content (AvgIpc) is 3.56. The summed E-state index contributed by atoms with van der Waals surface area (Å²) in [5.41, 5.74) is 3.30. The van der Waals surface area contributed by atoms with Gasteiger partial charge in [0.25, 0.3) is 0 Å². The standard InChI is InChI=1S/C27H30N6O2/c1-28-18-27(23-6-7-23)9-11-33(26(27)35)24-8-10-29-25(13-24)30-14-22(17-34)20-5-3-4-19(12-20)21-15-31-32(2)16-21/h3-5,8,10,12-13,15-18,22-23H,6-7,9,11,14H2,1-2H3,(H,29,30)/b28-18-/t22?,27-/m1/s1. The molecule has 2 aliphatic rings. The van der Waals surface area contributed by atoms with E-state index in [1.165, 1.54) is 0 Å². The maximum absolute atomic E-state index is 13.4. The molecule has 2 atom stereocenters. The molecule has 1 aliphatic heterocycles. The Morgan fingerprint density at radius 2 is 2.11 bits per heavy atom. The fourth-order valence-electron chi connectivity index (χ4n) is 5.10. The number of carbonyl (C=O) groups is 2. The predicted octanol–water partition coefficient (Wildman–Crippen LogP) is 3.71. The second-order valence-electron chi connectivity index (χ2n) is 9.46. The zero-order chi connectivity index (χ0) is 24.4. The van der Waals surface area contributed by atoms with Crippen LogP contribution in [0.2, 0.25) is 0 Å². The summed E-state index contributed by atoms with van der Waals surface area (Å²) in [4.78, 5) is 35.9. The smallest absolute Gasteiger partial charge is 0.238 e. The van der Waals surface area contributed by atoms with Gasteiger partial charge in [0.05, 0.1) is 17.5 Å². The number of aryl methyl sites for hydroxylation is 1. The first-order valence-electron chi connectivity index (χ1n) is 12.0. The Hall–Kier alpha value is -3.81. The van der Waals surface area contributed by atoms with E-state index in [9.17, 15) is 9.59 Å². The molecule has 0 radical (unpaired) electrons. The van der Waals surface area contributed by atoms with E-state index < -0.39 is 5.41 Å². The van der Waals surface area contributed by atoms with Crippen molar-refractivity contribution < 1.29 is 9.59 Å². The van der Waals surface area contributed by atoms with Crippen LogP contribution in [0.25, 0.3) is 11.1 Å². The summed E-state index contributed by atoms with van der Waals surface area (Å²) in [6.07, 6.45) is 11.3. The van der Waals surface area contributed by atoms with Crippen molar-refractivity contribution in [3.63, 3.8) is 0 Å². The Kier molecular flexibility index (Phi) is 6.19. The lowest BCUT2D eigenvalue weighted by atomic mass is 9.82. The molecule has 2 fully saturated rings. The summed E-state index contributed by atoms with van der Waals surface area (Å²) in [5.74, 6) is 0.826. The summed E-state index contributed by atoms with van der Waals surface area (Å²) in [6, 6.07) is 11.7. The maximum atomic E-state index is 13.4. The number of aldehydes is 1. The molecule has 8 heteroatoms. The lowest BCUT2D eigenvalue weighted by Gasteiger charge is -2.24. The molecule has 1 aliphatic carbocycles. The van der Waals surface area contributed by atoms with Crippen molar-refractivity contribution in [2.24, 2.45) is 23.4 Å². The van der Waals surface area contributed by atoms with Gasteiger partial charge in [0, 0.05) is 63.1 Å².